The van der Waals surface area contributed by atoms with Gasteiger partial charge in [-0.2, -0.15) is 13.2 Å². The van der Waals surface area contributed by atoms with Crippen molar-refractivity contribution in [2.24, 2.45) is 0 Å². The second-order valence-electron chi connectivity index (χ2n) is 5.57. The van der Waals surface area contributed by atoms with Gasteiger partial charge in [-0.3, -0.25) is 9.20 Å². The number of para-hydroxylation sites is 2. The lowest BCUT2D eigenvalue weighted by molar-refractivity contribution is -0.137. The summed E-state index contributed by atoms with van der Waals surface area (Å²) in [5, 5.41) is 2.68. The minimum atomic E-state index is -4.51. The fraction of sp³-hybridized carbons (Fsp3) is 0.222. The third-order valence-electron chi connectivity index (χ3n) is 3.77. The van der Waals surface area contributed by atoms with Crippen LogP contribution in [0.15, 0.2) is 42.6 Å². The molecule has 0 aliphatic rings. The van der Waals surface area contributed by atoms with Crippen molar-refractivity contribution in [3.63, 3.8) is 0 Å². The maximum atomic E-state index is 13.0. The fourth-order valence-electron chi connectivity index (χ4n) is 2.64. The normalized spacial score (nSPS) is 11.6. The molecule has 2 aromatic heterocycles. The van der Waals surface area contributed by atoms with E-state index in [1.807, 2.05) is 6.92 Å². The van der Waals surface area contributed by atoms with Crippen LogP contribution in [0.1, 0.15) is 28.7 Å². The van der Waals surface area contributed by atoms with Gasteiger partial charge in [0.05, 0.1) is 23.6 Å². The van der Waals surface area contributed by atoms with E-state index in [2.05, 4.69) is 10.3 Å². The number of nitrogens with one attached hydrogen (secondary N) is 1. The smallest absolute Gasteiger partial charge is 0.417 e. The van der Waals surface area contributed by atoms with Gasteiger partial charge in [0.1, 0.15) is 17.1 Å². The largest absolute Gasteiger partial charge is 0.492 e. The predicted molar refractivity (Wildman–Crippen MR) is 90.5 cm³/mol. The highest BCUT2D eigenvalue weighted by Gasteiger charge is 2.31. The van der Waals surface area contributed by atoms with Crippen LogP contribution in [-0.2, 0) is 6.18 Å². The molecule has 0 fully saturated rings. The number of alkyl halides is 3. The van der Waals surface area contributed by atoms with Crippen LogP contribution < -0.4 is 10.1 Å². The Morgan fingerprint density at radius 2 is 1.96 bits per heavy atom. The molecule has 8 heteroatoms. The maximum Gasteiger partial charge on any atom is 0.417 e. The molecule has 1 aromatic carbocycles. The molecule has 0 spiro atoms. The molecule has 3 aromatic rings. The molecule has 0 saturated heterocycles. The Kier molecular flexibility index (Phi) is 4.58. The van der Waals surface area contributed by atoms with E-state index in [9.17, 15) is 18.0 Å². The number of amides is 1. The third kappa shape index (κ3) is 3.35. The average molecular weight is 363 g/mol. The maximum absolute atomic E-state index is 13.0. The molecule has 0 unspecified atom stereocenters. The summed E-state index contributed by atoms with van der Waals surface area (Å²) in [4.78, 5) is 16.9. The zero-order valence-corrected chi connectivity index (χ0v) is 14.1. The molecule has 5 nitrogen and oxygen atoms in total. The predicted octanol–water partition coefficient (Wildman–Crippen LogP) is 4.31. The van der Waals surface area contributed by atoms with Crippen molar-refractivity contribution in [2.45, 2.75) is 20.0 Å². The van der Waals surface area contributed by atoms with E-state index >= 15 is 0 Å². The van der Waals surface area contributed by atoms with Gasteiger partial charge < -0.3 is 10.1 Å². The second kappa shape index (κ2) is 6.70. The van der Waals surface area contributed by atoms with Gasteiger partial charge in [0, 0.05) is 6.20 Å². The summed E-state index contributed by atoms with van der Waals surface area (Å²) >= 11 is 0. The molecule has 3 rings (SSSR count). The summed E-state index contributed by atoms with van der Waals surface area (Å²) in [6.07, 6.45) is -3.64. The van der Waals surface area contributed by atoms with E-state index < -0.39 is 17.6 Å². The molecule has 136 valence electrons. The van der Waals surface area contributed by atoms with Crippen molar-refractivity contribution >= 4 is 17.2 Å². The van der Waals surface area contributed by atoms with E-state index in [4.69, 9.17) is 4.74 Å². The SMILES string of the molecule is CCOc1ccccc1NC(=O)c1c(C)nc2ccc(C(F)(F)F)cn12. The number of fused-ring (bicyclic) bond motifs is 1. The van der Waals surface area contributed by atoms with Crippen molar-refractivity contribution in [2.75, 3.05) is 11.9 Å². The van der Waals surface area contributed by atoms with E-state index in [-0.39, 0.29) is 11.3 Å². The molecule has 0 bridgehead atoms. The van der Waals surface area contributed by atoms with Crippen LogP contribution in [0, 0.1) is 6.92 Å². The van der Waals surface area contributed by atoms with Gasteiger partial charge in [-0.1, -0.05) is 12.1 Å². The molecule has 0 atom stereocenters. The Labute approximate surface area is 147 Å². The molecule has 0 radical (unpaired) electrons. The zero-order chi connectivity index (χ0) is 18.9. The minimum Gasteiger partial charge on any atom is -0.492 e. The first-order valence-electron chi connectivity index (χ1n) is 7.90. The van der Waals surface area contributed by atoms with E-state index in [1.165, 1.54) is 6.07 Å². The fourth-order valence-corrected chi connectivity index (χ4v) is 2.64. The molecular weight excluding hydrogens is 347 g/mol. The van der Waals surface area contributed by atoms with Crippen molar-refractivity contribution in [1.29, 1.82) is 0 Å². The number of nitrogens with zero attached hydrogens (tertiary/aromatic N) is 2. The number of imidazole rings is 1. The minimum absolute atomic E-state index is 0.0393. The van der Waals surface area contributed by atoms with Crippen LogP contribution in [0.3, 0.4) is 0 Å². The zero-order valence-electron chi connectivity index (χ0n) is 14.1. The standard InChI is InChI=1S/C18H16F3N3O2/c1-3-26-14-7-5-4-6-13(14)23-17(25)16-11(2)22-15-9-8-12(10-24(15)16)18(19,20)21/h4-10H,3H2,1-2H3,(H,23,25). The van der Waals surface area contributed by atoms with Gasteiger partial charge in [-0.25, -0.2) is 4.98 Å². The molecule has 0 aliphatic heterocycles. The Bertz CT molecular complexity index is 964. The number of benzene rings is 1. The average Bonchev–Trinajstić information content (AvgIpc) is 2.91. The monoisotopic (exact) mass is 363 g/mol. The molecule has 1 amide bonds. The second-order valence-corrected chi connectivity index (χ2v) is 5.57. The summed E-state index contributed by atoms with van der Waals surface area (Å²) in [5.41, 5.74) is 0.207. The summed E-state index contributed by atoms with van der Waals surface area (Å²) < 4.78 is 45.6. The summed E-state index contributed by atoms with van der Waals surface area (Å²) in [6, 6.07) is 9.01. The van der Waals surface area contributed by atoms with Crippen LogP contribution >= 0.6 is 0 Å². The first kappa shape index (κ1) is 17.8. The summed E-state index contributed by atoms with van der Waals surface area (Å²) in [7, 11) is 0. The van der Waals surface area contributed by atoms with Crippen LogP contribution in [-0.4, -0.2) is 21.9 Å². The highest BCUT2D eigenvalue weighted by molar-refractivity contribution is 6.05. The third-order valence-corrected chi connectivity index (χ3v) is 3.77. The van der Waals surface area contributed by atoms with Crippen LogP contribution in [0.2, 0.25) is 0 Å². The Morgan fingerprint density at radius 3 is 2.65 bits per heavy atom. The molecular formula is C18H16F3N3O2. The Balaban J connectivity index is 2.02. The number of hydrogen-bond donors (Lipinski definition) is 1. The van der Waals surface area contributed by atoms with Gasteiger partial charge >= 0.3 is 6.18 Å². The van der Waals surface area contributed by atoms with E-state index in [1.54, 1.807) is 31.2 Å². The Hall–Kier alpha value is -3.03. The number of pyridine rings is 1. The summed E-state index contributed by atoms with van der Waals surface area (Å²) in [5.74, 6) is -0.0905. The van der Waals surface area contributed by atoms with Crippen LogP contribution in [0.25, 0.3) is 5.65 Å². The number of hydrogen-bond acceptors (Lipinski definition) is 3. The number of carbonyl (C=O) groups excluding carboxylic acids is 1. The van der Waals surface area contributed by atoms with Crippen LogP contribution in [0.4, 0.5) is 18.9 Å². The highest BCUT2D eigenvalue weighted by Crippen LogP contribution is 2.30. The van der Waals surface area contributed by atoms with E-state index in [0.29, 0.717) is 23.7 Å². The van der Waals surface area contributed by atoms with Crippen molar-refractivity contribution in [1.82, 2.24) is 9.38 Å². The number of aryl methyl sites for hydroxylation is 1. The van der Waals surface area contributed by atoms with Gasteiger partial charge in [0.2, 0.25) is 0 Å². The topological polar surface area (TPSA) is 55.6 Å². The number of carbonyl (C=O) groups is 1. The van der Waals surface area contributed by atoms with Crippen molar-refractivity contribution in [3.05, 3.63) is 59.5 Å². The van der Waals surface area contributed by atoms with Crippen molar-refractivity contribution in [3.8, 4) is 5.75 Å². The highest BCUT2D eigenvalue weighted by atomic mass is 19.4. The number of anilines is 1. The van der Waals surface area contributed by atoms with Gasteiger partial charge in [-0.15, -0.1) is 0 Å². The molecule has 0 saturated carbocycles. The molecule has 26 heavy (non-hydrogen) atoms. The number of ether oxygens (including phenoxy) is 1. The molecule has 2 heterocycles. The van der Waals surface area contributed by atoms with Gasteiger partial charge in [0.25, 0.3) is 5.91 Å². The van der Waals surface area contributed by atoms with Gasteiger partial charge in [-0.05, 0) is 38.1 Å². The summed E-state index contributed by atoms with van der Waals surface area (Å²) in [6.45, 7) is 3.80. The van der Waals surface area contributed by atoms with Gasteiger partial charge in [0.15, 0.2) is 0 Å². The molecule has 0 aliphatic carbocycles. The lowest BCUT2D eigenvalue weighted by atomic mass is 10.2. The number of aromatic nitrogens is 2. The van der Waals surface area contributed by atoms with Crippen LogP contribution in [0.5, 0.6) is 5.75 Å². The van der Waals surface area contributed by atoms with E-state index in [0.717, 1.165) is 16.7 Å². The van der Waals surface area contributed by atoms with Crippen molar-refractivity contribution < 1.29 is 22.7 Å². The lowest BCUT2D eigenvalue weighted by Gasteiger charge is -2.12. The molecule has 1 N–H and O–H groups in total. The first-order chi connectivity index (χ1) is 12.3. The lowest BCUT2D eigenvalue weighted by Crippen LogP contribution is -2.17. The number of rotatable bonds is 4. The first-order valence-corrected chi connectivity index (χ1v) is 7.90. The quantitative estimate of drug-likeness (QED) is 0.751. The Morgan fingerprint density at radius 1 is 1.23 bits per heavy atom. The number of halogens is 3.